The van der Waals surface area contributed by atoms with Gasteiger partial charge >= 0.3 is 6.61 Å². The van der Waals surface area contributed by atoms with Crippen LogP contribution in [0.1, 0.15) is 22.3 Å². The van der Waals surface area contributed by atoms with Crippen LogP contribution in [0.2, 0.25) is 0 Å². The SMILES string of the molecule is O=C(CCc1ccc(OC(F)F)cc1)N1CCN(C(=O)c2cccc(F)c2)CC1. The molecule has 2 amide bonds. The molecule has 5 nitrogen and oxygen atoms in total. The summed E-state index contributed by atoms with van der Waals surface area (Å²) in [6.45, 7) is -1.25. The van der Waals surface area contributed by atoms with Crippen molar-refractivity contribution in [2.75, 3.05) is 26.2 Å². The molecule has 2 aromatic rings. The second-order valence-electron chi connectivity index (χ2n) is 6.71. The lowest BCUT2D eigenvalue weighted by atomic mass is 10.1. The summed E-state index contributed by atoms with van der Waals surface area (Å²) >= 11 is 0. The van der Waals surface area contributed by atoms with Gasteiger partial charge in [0, 0.05) is 38.2 Å². The van der Waals surface area contributed by atoms with Crippen LogP contribution in [0.4, 0.5) is 13.2 Å². The molecular formula is C21H21F3N2O3. The van der Waals surface area contributed by atoms with Crippen LogP contribution in [-0.2, 0) is 11.2 Å². The molecule has 0 spiro atoms. The van der Waals surface area contributed by atoms with E-state index in [2.05, 4.69) is 4.74 Å². The molecule has 0 aromatic heterocycles. The maximum atomic E-state index is 13.3. The van der Waals surface area contributed by atoms with E-state index in [1.807, 2.05) is 0 Å². The Hall–Kier alpha value is -3.03. The van der Waals surface area contributed by atoms with Gasteiger partial charge in [0.2, 0.25) is 5.91 Å². The predicted molar refractivity (Wildman–Crippen MR) is 100 cm³/mol. The summed E-state index contributed by atoms with van der Waals surface area (Å²) in [4.78, 5) is 28.2. The largest absolute Gasteiger partial charge is 0.435 e. The Morgan fingerprint density at radius 2 is 1.62 bits per heavy atom. The number of piperazine rings is 1. The molecule has 1 fully saturated rings. The van der Waals surface area contributed by atoms with Crippen LogP contribution < -0.4 is 4.74 Å². The Kier molecular flexibility index (Phi) is 6.74. The zero-order valence-corrected chi connectivity index (χ0v) is 15.7. The number of carbonyl (C=O) groups excluding carboxylic acids is 2. The normalized spacial score (nSPS) is 14.2. The monoisotopic (exact) mass is 406 g/mol. The molecule has 29 heavy (non-hydrogen) atoms. The standard InChI is InChI=1S/C21H21F3N2O3/c22-17-3-1-2-16(14-17)20(28)26-12-10-25(11-13-26)19(27)9-6-15-4-7-18(8-5-15)29-21(23)24/h1-5,7-8,14,21H,6,9-13H2. The first-order chi connectivity index (χ1) is 13.9. The first kappa shape index (κ1) is 20.7. The molecule has 0 atom stereocenters. The fourth-order valence-electron chi connectivity index (χ4n) is 3.21. The van der Waals surface area contributed by atoms with Crippen LogP contribution in [-0.4, -0.2) is 54.4 Å². The van der Waals surface area contributed by atoms with Gasteiger partial charge in [-0.15, -0.1) is 0 Å². The first-order valence-electron chi connectivity index (χ1n) is 9.29. The number of amides is 2. The van der Waals surface area contributed by atoms with Crippen molar-refractivity contribution in [1.29, 1.82) is 0 Å². The van der Waals surface area contributed by atoms with Crippen molar-refractivity contribution in [2.45, 2.75) is 19.5 Å². The Labute approximate surface area is 166 Å². The molecule has 8 heteroatoms. The fraction of sp³-hybridized carbons (Fsp3) is 0.333. The van der Waals surface area contributed by atoms with Crippen molar-refractivity contribution in [3.8, 4) is 5.75 Å². The zero-order valence-electron chi connectivity index (χ0n) is 15.7. The minimum Gasteiger partial charge on any atom is -0.435 e. The van der Waals surface area contributed by atoms with Gasteiger partial charge in [-0.2, -0.15) is 8.78 Å². The third-order valence-corrected chi connectivity index (χ3v) is 4.77. The van der Waals surface area contributed by atoms with Crippen molar-refractivity contribution < 1.29 is 27.5 Å². The molecule has 1 aliphatic heterocycles. The van der Waals surface area contributed by atoms with E-state index >= 15 is 0 Å². The minimum absolute atomic E-state index is 0.0317. The van der Waals surface area contributed by atoms with Gasteiger partial charge in [-0.1, -0.05) is 18.2 Å². The van der Waals surface area contributed by atoms with Gasteiger partial charge in [-0.05, 0) is 42.3 Å². The maximum Gasteiger partial charge on any atom is 0.387 e. The molecule has 0 unspecified atom stereocenters. The summed E-state index contributed by atoms with van der Waals surface area (Å²) < 4.78 is 41.9. The predicted octanol–water partition coefficient (Wildman–Crippen LogP) is 3.34. The van der Waals surface area contributed by atoms with Gasteiger partial charge in [0.15, 0.2) is 0 Å². The highest BCUT2D eigenvalue weighted by Crippen LogP contribution is 2.17. The average molecular weight is 406 g/mol. The Bertz CT molecular complexity index is 851. The van der Waals surface area contributed by atoms with Gasteiger partial charge in [0.05, 0.1) is 0 Å². The maximum absolute atomic E-state index is 13.3. The number of benzene rings is 2. The molecule has 1 aliphatic rings. The van der Waals surface area contributed by atoms with Gasteiger partial charge in [-0.3, -0.25) is 9.59 Å². The molecule has 0 aliphatic carbocycles. The fourth-order valence-corrected chi connectivity index (χ4v) is 3.21. The summed E-state index contributed by atoms with van der Waals surface area (Å²) in [7, 11) is 0. The van der Waals surface area contributed by atoms with Crippen molar-refractivity contribution >= 4 is 11.8 Å². The number of aryl methyl sites for hydroxylation is 1. The van der Waals surface area contributed by atoms with Crippen molar-refractivity contribution in [2.24, 2.45) is 0 Å². The number of halogens is 3. The lowest BCUT2D eigenvalue weighted by Gasteiger charge is -2.35. The molecule has 3 rings (SSSR count). The minimum atomic E-state index is -2.87. The van der Waals surface area contributed by atoms with Crippen LogP contribution in [0.25, 0.3) is 0 Å². The molecule has 0 saturated carbocycles. The van der Waals surface area contributed by atoms with Crippen molar-refractivity contribution in [1.82, 2.24) is 9.80 Å². The van der Waals surface area contributed by atoms with Crippen LogP contribution in [0.5, 0.6) is 5.75 Å². The van der Waals surface area contributed by atoms with E-state index in [0.29, 0.717) is 38.2 Å². The number of alkyl halides is 2. The van der Waals surface area contributed by atoms with Crippen LogP contribution in [0.15, 0.2) is 48.5 Å². The number of hydrogen-bond acceptors (Lipinski definition) is 3. The first-order valence-corrected chi connectivity index (χ1v) is 9.29. The third kappa shape index (κ3) is 5.73. The van der Waals surface area contributed by atoms with Gasteiger partial charge in [0.25, 0.3) is 5.91 Å². The lowest BCUT2D eigenvalue weighted by Crippen LogP contribution is -2.50. The summed E-state index contributed by atoms with van der Waals surface area (Å²) in [6, 6.07) is 11.8. The number of rotatable bonds is 6. The molecule has 154 valence electrons. The van der Waals surface area contributed by atoms with E-state index in [1.54, 1.807) is 28.0 Å². The highest BCUT2D eigenvalue weighted by molar-refractivity contribution is 5.94. The van der Waals surface area contributed by atoms with Gasteiger partial charge < -0.3 is 14.5 Å². The van der Waals surface area contributed by atoms with E-state index in [4.69, 9.17) is 0 Å². The molecule has 0 radical (unpaired) electrons. The van der Waals surface area contributed by atoms with Gasteiger partial charge in [0.1, 0.15) is 11.6 Å². The molecule has 0 N–H and O–H groups in total. The molecule has 1 heterocycles. The average Bonchev–Trinajstić information content (AvgIpc) is 2.72. The van der Waals surface area contributed by atoms with Gasteiger partial charge in [-0.25, -0.2) is 4.39 Å². The second-order valence-corrected chi connectivity index (χ2v) is 6.71. The summed E-state index contributed by atoms with van der Waals surface area (Å²) in [5, 5.41) is 0. The number of ether oxygens (including phenoxy) is 1. The van der Waals surface area contributed by atoms with E-state index < -0.39 is 12.4 Å². The quantitative estimate of drug-likeness (QED) is 0.739. The van der Waals surface area contributed by atoms with Crippen molar-refractivity contribution in [3.05, 3.63) is 65.5 Å². The second kappa shape index (κ2) is 9.45. The molecule has 1 saturated heterocycles. The number of hydrogen-bond donors (Lipinski definition) is 0. The van der Waals surface area contributed by atoms with E-state index in [0.717, 1.165) is 5.56 Å². The van der Waals surface area contributed by atoms with Crippen LogP contribution in [0, 0.1) is 5.82 Å². The summed E-state index contributed by atoms with van der Waals surface area (Å²) in [5.41, 5.74) is 1.14. The lowest BCUT2D eigenvalue weighted by molar-refractivity contribution is -0.132. The highest BCUT2D eigenvalue weighted by Gasteiger charge is 2.24. The Balaban J connectivity index is 1.45. The molecule has 2 aromatic carbocycles. The van der Waals surface area contributed by atoms with Crippen LogP contribution in [0.3, 0.4) is 0 Å². The van der Waals surface area contributed by atoms with Crippen LogP contribution >= 0.6 is 0 Å². The molecule has 0 bridgehead atoms. The number of nitrogens with zero attached hydrogens (tertiary/aromatic N) is 2. The third-order valence-electron chi connectivity index (χ3n) is 4.77. The zero-order chi connectivity index (χ0) is 20.8. The van der Waals surface area contributed by atoms with E-state index in [9.17, 15) is 22.8 Å². The van der Waals surface area contributed by atoms with E-state index in [1.165, 1.54) is 30.3 Å². The van der Waals surface area contributed by atoms with E-state index in [-0.39, 0.29) is 24.0 Å². The van der Waals surface area contributed by atoms with Crippen molar-refractivity contribution in [3.63, 3.8) is 0 Å². The molecular weight excluding hydrogens is 385 g/mol. The Morgan fingerprint density at radius 1 is 0.966 bits per heavy atom. The summed E-state index contributed by atoms with van der Waals surface area (Å²) in [5.74, 6) is -0.661. The summed E-state index contributed by atoms with van der Waals surface area (Å²) in [6.07, 6.45) is 0.767. The topological polar surface area (TPSA) is 49.9 Å². The number of carbonyl (C=O) groups is 2. The smallest absolute Gasteiger partial charge is 0.387 e. The highest BCUT2D eigenvalue weighted by atomic mass is 19.3. The Morgan fingerprint density at radius 3 is 2.24 bits per heavy atom.